The van der Waals surface area contributed by atoms with Gasteiger partial charge >= 0.3 is 7.69 Å². The monoisotopic (exact) mass is 177 g/mol. The fourth-order valence-corrected chi connectivity index (χ4v) is 4.94. The van der Waals surface area contributed by atoms with Crippen molar-refractivity contribution in [2.45, 2.75) is 38.4 Å². The summed E-state index contributed by atoms with van der Waals surface area (Å²) in [6.45, 7) is 7.00. The van der Waals surface area contributed by atoms with E-state index in [1.807, 2.05) is 0 Å². The van der Waals surface area contributed by atoms with Gasteiger partial charge in [0, 0.05) is 5.92 Å². The molecule has 3 aliphatic carbocycles. The van der Waals surface area contributed by atoms with Crippen molar-refractivity contribution in [2.24, 2.45) is 23.2 Å². The number of fused-ring (bicyclic) bond motifs is 1. The smallest absolute Gasteiger partial charge is 0.405 e. The second-order valence-electron chi connectivity index (χ2n) is 5.96. The second-order valence-corrected chi connectivity index (χ2v) is 5.96. The third kappa shape index (κ3) is 0.410. The van der Waals surface area contributed by atoms with Crippen LogP contribution in [0, 0.1) is 23.2 Å². The molecule has 3 saturated carbocycles. The van der Waals surface area contributed by atoms with E-state index in [1.54, 1.807) is 7.69 Å². The molecule has 4 aliphatic rings. The van der Waals surface area contributed by atoms with Gasteiger partial charge in [0.2, 0.25) is 0 Å². The first-order chi connectivity index (χ1) is 6.04. The highest BCUT2D eigenvalue weighted by molar-refractivity contribution is 6.20. The summed E-state index contributed by atoms with van der Waals surface area (Å²) in [5.74, 6) is 2.45. The lowest BCUT2D eigenvalue weighted by Gasteiger charge is -2.87. The molecule has 0 amide bonds. The molecule has 4 fully saturated rings. The standard InChI is InChI=1S/C10H14BO2/c1-8(2)5-4-10-6(5)7(8)9(10,3)12-11-13-10/h5-7H,4H2,1-3H3/t5-,6?,7+,9+,10-/m1/s1. The summed E-state index contributed by atoms with van der Waals surface area (Å²) in [5.41, 5.74) is 0.608. The lowest BCUT2D eigenvalue weighted by atomic mass is 9.20. The lowest BCUT2D eigenvalue weighted by Crippen LogP contribution is -2.92. The molecule has 4 rings (SSSR count). The van der Waals surface area contributed by atoms with Gasteiger partial charge in [-0.3, -0.25) is 0 Å². The highest BCUT2D eigenvalue weighted by Crippen LogP contribution is 2.86. The van der Waals surface area contributed by atoms with Gasteiger partial charge in [0.25, 0.3) is 0 Å². The highest BCUT2D eigenvalue weighted by atomic mass is 16.7. The van der Waals surface area contributed by atoms with E-state index in [2.05, 4.69) is 20.8 Å². The van der Waals surface area contributed by atoms with E-state index in [-0.39, 0.29) is 11.2 Å². The van der Waals surface area contributed by atoms with Gasteiger partial charge in [-0.25, -0.2) is 0 Å². The molecule has 1 heterocycles. The predicted molar refractivity (Wildman–Crippen MR) is 47.9 cm³/mol. The van der Waals surface area contributed by atoms with Crippen LogP contribution in [0.3, 0.4) is 0 Å². The molecule has 0 aromatic heterocycles. The molecule has 1 saturated heterocycles. The number of hydrogen-bond donors (Lipinski definition) is 0. The van der Waals surface area contributed by atoms with E-state index in [0.717, 1.165) is 17.8 Å². The quantitative estimate of drug-likeness (QED) is 0.520. The minimum absolute atomic E-state index is 0.00984. The van der Waals surface area contributed by atoms with Crippen LogP contribution in [0.5, 0.6) is 0 Å². The first-order valence-corrected chi connectivity index (χ1v) is 5.21. The van der Waals surface area contributed by atoms with Crippen molar-refractivity contribution >= 4 is 7.69 Å². The minimum Gasteiger partial charge on any atom is -0.405 e. The molecule has 1 radical (unpaired) electrons. The summed E-state index contributed by atoms with van der Waals surface area (Å²) in [5, 5.41) is 0. The summed E-state index contributed by atoms with van der Waals surface area (Å²) < 4.78 is 11.4. The molecule has 2 nitrogen and oxygen atoms in total. The SMILES string of the molecule is CC1(C)[C@@H]2C[C@]34O[B]O[C@@]3(C)[C@H]1C24. The molecule has 1 unspecified atom stereocenters. The molecule has 0 aromatic carbocycles. The van der Waals surface area contributed by atoms with Crippen molar-refractivity contribution in [2.75, 3.05) is 0 Å². The maximum atomic E-state index is 5.70. The molecule has 5 atom stereocenters. The molecule has 13 heavy (non-hydrogen) atoms. The van der Waals surface area contributed by atoms with E-state index in [0.29, 0.717) is 5.41 Å². The van der Waals surface area contributed by atoms with Crippen LogP contribution in [-0.4, -0.2) is 18.9 Å². The third-order valence-corrected chi connectivity index (χ3v) is 5.60. The lowest BCUT2D eigenvalue weighted by molar-refractivity contribution is -0.428. The maximum Gasteiger partial charge on any atom is 0.489 e. The Kier molecular flexibility index (Phi) is 0.846. The maximum absolute atomic E-state index is 5.70. The Morgan fingerprint density at radius 3 is 2.69 bits per heavy atom. The van der Waals surface area contributed by atoms with Crippen LogP contribution in [0.1, 0.15) is 27.2 Å². The summed E-state index contributed by atoms with van der Waals surface area (Å²) in [6.07, 6.45) is 1.22. The van der Waals surface area contributed by atoms with Crippen LogP contribution in [0.4, 0.5) is 0 Å². The van der Waals surface area contributed by atoms with E-state index < -0.39 is 0 Å². The zero-order chi connectivity index (χ0) is 9.06. The Labute approximate surface area is 79.3 Å². The average molecular weight is 177 g/mol. The third-order valence-electron chi connectivity index (χ3n) is 5.60. The Morgan fingerprint density at radius 1 is 1.23 bits per heavy atom. The highest BCUT2D eigenvalue weighted by Gasteiger charge is 2.91. The predicted octanol–water partition coefficient (Wildman–Crippen LogP) is 1.37. The van der Waals surface area contributed by atoms with E-state index in [9.17, 15) is 0 Å². The zero-order valence-corrected chi connectivity index (χ0v) is 8.33. The van der Waals surface area contributed by atoms with Gasteiger partial charge in [-0.1, -0.05) is 13.8 Å². The van der Waals surface area contributed by atoms with Crippen LogP contribution < -0.4 is 0 Å². The van der Waals surface area contributed by atoms with Crippen molar-refractivity contribution in [3.05, 3.63) is 0 Å². The first kappa shape index (κ1) is 7.30. The molecular weight excluding hydrogens is 163 g/mol. The van der Waals surface area contributed by atoms with Gasteiger partial charge in [0.15, 0.2) is 0 Å². The van der Waals surface area contributed by atoms with Gasteiger partial charge < -0.3 is 9.31 Å². The van der Waals surface area contributed by atoms with Crippen LogP contribution in [0.15, 0.2) is 0 Å². The van der Waals surface area contributed by atoms with Crippen molar-refractivity contribution in [1.82, 2.24) is 0 Å². The fraction of sp³-hybridized carbons (Fsp3) is 1.00. The topological polar surface area (TPSA) is 18.5 Å². The van der Waals surface area contributed by atoms with Gasteiger partial charge in [0.1, 0.15) is 0 Å². The van der Waals surface area contributed by atoms with Crippen molar-refractivity contribution < 1.29 is 9.31 Å². The molecule has 69 valence electrons. The first-order valence-electron chi connectivity index (χ1n) is 5.21. The second kappa shape index (κ2) is 1.51. The Bertz CT molecular complexity index is 316. The van der Waals surface area contributed by atoms with Crippen LogP contribution >= 0.6 is 0 Å². The molecule has 0 bridgehead atoms. The van der Waals surface area contributed by atoms with Gasteiger partial charge in [-0.15, -0.1) is 0 Å². The van der Waals surface area contributed by atoms with Gasteiger partial charge in [-0.05, 0) is 30.6 Å². The minimum atomic E-state index is 0.00984. The average Bonchev–Trinajstić information content (AvgIpc) is 2.34. The van der Waals surface area contributed by atoms with Crippen molar-refractivity contribution in [3.63, 3.8) is 0 Å². The number of hydrogen-bond acceptors (Lipinski definition) is 2. The molecule has 0 aromatic rings. The normalized spacial score (nSPS) is 69.3. The van der Waals surface area contributed by atoms with Crippen molar-refractivity contribution in [3.8, 4) is 0 Å². The van der Waals surface area contributed by atoms with E-state index in [1.165, 1.54) is 6.42 Å². The van der Waals surface area contributed by atoms with Crippen LogP contribution in [0.25, 0.3) is 0 Å². The summed E-state index contributed by atoms with van der Waals surface area (Å²) in [4.78, 5) is 0. The van der Waals surface area contributed by atoms with Crippen LogP contribution in [0.2, 0.25) is 0 Å². The summed E-state index contributed by atoms with van der Waals surface area (Å²) >= 11 is 0. The van der Waals surface area contributed by atoms with Gasteiger partial charge in [0.05, 0.1) is 11.2 Å². The van der Waals surface area contributed by atoms with Crippen molar-refractivity contribution in [1.29, 1.82) is 0 Å². The Balaban J connectivity index is 1.85. The van der Waals surface area contributed by atoms with Crippen LogP contribution in [-0.2, 0) is 9.31 Å². The molecule has 0 N–H and O–H groups in total. The molecular formula is C10H14BO2. The van der Waals surface area contributed by atoms with Gasteiger partial charge in [-0.2, -0.15) is 0 Å². The fourth-order valence-electron chi connectivity index (χ4n) is 4.94. The zero-order valence-electron chi connectivity index (χ0n) is 8.33. The Morgan fingerprint density at radius 2 is 2.00 bits per heavy atom. The summed E-state index contributed by atoms with van der Waals surface area (Å²) in [7, 11) is 1.59. The summed E-state index contributed by atoms with van der Waals surface area (Å²) in [6, 6.07) is 0. The molecule has 1 spiro atoms. The number of rotatable bonds is 0. The van der Waals surface area contributed by atoms with E-state index in [4.69, 9.17) is 9.31 Å². The largest absolute Gasteiger partial charge is 0.489 e. The molecule has 3 heteroatoms. The Hall–Kier alpha value is -0.0151. The molecule has 1 aliphatic heterocycles. The van der Waals surface area contributed by atoms with E-state index >= 15 is 0 Å².